The number of nitrogens with two attached hydrogens (primary N) is 1. The second kappa shape index (κ2) is 5.73. The molecule has 0 saturated heterocycles. The van der Waals surface area contributed by atoms with E-state index in [9.17, 15) is 4.39 Å². The summed E-state index contributed by atoms with van der Waals surface area (Å²) in [5, 5.41) is 8.18. The maximum absolute atomic E-state index is 12.9. The molecule has 1 aromatic carbocycles. The first-order chi connectivity index (χ1) is 8.74. The Morgan fingerprint density at radius 2 is 2.00 bits per heavy atom. The number of benzene rings is 1. The fourth-order valence-electron chi connectivity index (χ4n) is 1.91. The Balaban J connectivity index is 2.26. The summed E-state index contributed by atoms with van der Waals surface area (Å²) in [5.74, 6) is -0.224. The number of hydrogen-bond donors (Lipinski definition) is 1. The lowest BCUT2D eigenvalue weighted by atomic mass is 10.1. The molecule has 0 amide bonds. The molecular weight excluding hydrogens is 231 g/mol. The molecule has 0 aliphatic rings. The number of aryl methyl sites for hydroxylation is 1. The highest BCUT2D eigenvalue weighted by Gasteiger charge is 2.11. The van der Waals surface area contributed by atoms with Gasteiger partial charge < -0.3 is 5.73 Å². The van der Waals surface area contributed by atoms with Crippen molar-refractivity contribution >= 4 is 0 Å². The Morgan fingerprint density at radius 1 is 1.28 bits per heavy atom. The lowest BCUT2D eigenvalue weighted by molar-refractivity contribution is 0.560. The van der Waals surface area contributed by atoms with E-state index < -0.39 is 0 Å². The maximum Gasteiger partial charge on any atom is 0.123 e. The molecule has 0 aliphatic carbocycles. The Hall–Kier alpha value is -1.75. The van der Waals surface area contributed by atoms with E-state index in [0.29, 0.717) is 13.0 Å². The van der Waals surface area contributed by atoms with Crippen LogP contribution in [-0.4, -0.2) is 15.0 Å². The topological polar surface area (TPSA) is 56.7 Å². The van der Waals surface area contributed by atoms with Gasteiger partial charge in [0.25, 0.3) is 0 Å². The smallest absolute Gasteiger partial charge is 0.123 e. The van der Waals surface area contributed by atoms with Gasteiger partial charge in [0.2, 0.25) is 0 Å². The quantitative estimate of drug-likeness (QED) is 0.879. The first kappa shape index (κ1) is 12.7. The Bertz CT molecular complexity index is 504. The van der Waals surface area contributed by atoms with E-state index in [4.69, 9.17) is 5.73 Å². The van der Waals surface area contributed by atoms with Crippen LogP contribution in [-0.2, 0) is 19.5 Å². The number of nitrogens with zero attached hydrogens (tertiary/aromatic N) is 3. The largest absolute Gasteiger partial charge is 0.325 e. The van der Waals surface area contributed by atoms with Gasteiger partial charge in [-0.1, -0.05) is 24.3 Å². The predicted octanol–water partition coefficient (Wildman–Crippen LogP) is 1.88. The van der Waals surface area contributed by atoms with Crippen molar-refractivity contribution < 1.29 is 4.39 Å². The average molecular weight is 248 g/mol. The first-order valence-electron chi connectivity index (χ1n) is 6.10. The van der Waals surface area contributed by atoms with Crippen molar-refractivity contribution in [1.82, 2.24) is 15.0 Å². The number of rotatable bonds is 5. The molecule has 0 fully saturated rings. The second-order valence-corrected chi connectivity index (χ2v) is 4.21. The third-order valence-electron chi connectivity index (χ3n) is 2.83. The number of halogens is 1. The highest BCUT2D eigenvalue weighted by Crippen LogP contribution is 2.13. The van der Waals surface area contributed by atoms with Crippen molar-refractivity contribution in [3.05, 3.63) is 47.0 Å². The Morgan fingerprint density at radius 3 is 2.61 bits per heavy atom. The van der Waals surface area contributed by atoms with Crippen LogP contribution in [0.3, 0.4) is 0 Å². The monoisotopic (exact) mass is 248 g/mol. The lowest BCUT2D eigenvalue weighted by Crippen LogP contribution is -2.08. The van der Waals surface area contributed by atoms with Crippen LogP contribution >= 0.6 is 0 Å². The van der Waals surface area contributed by atoms with Gasteiger partial charge >= 0.3 is 0 Å². The van der Waals surface area contributed by atoms with Gasteiger partial charge in [-0.3, -0.25) is 0 Å². The van der Waals surface area contributed by atoms with E-state index in [-0.39, 0.29) is 5.82 Å². The van der Waals surface area contributed by atoms with Crippen LogP contribution in [0.5, 0.6) is 0 Å². The van der Waals surface area contributed by atoms with Crippen molar-refractivity contribution in [2.45, 2.75) is 32.9 Å². The minimum Gasteiger partial charge on any atom is -0.325 e. The summed E-state index contributed by atoms with van der Waals surface area (Å²) < 4.78 is 14.7. The van der Waals surface area contributed by atoms with E-state index in [0.717, 1.165) is 29.9 Å². The van der Waals surface area contributed by atoms with Gasteiger partial charge in [0.1, 0.15) is 5.82 Å². The molecule has 0 saturated carbocycles. The fraction of sp³-hybridized carbons (Fsp3) is 0.385. The van der Waals surface area contributed by atoms with Gasteiger partial charge in [0.15, 0.2) is 0 Å². The Kier molecular flexibility index (Phi) is 4.04. The molecule has 5 heteroatoms. The van der Waals surface area contributed by atoms with Crippen molar-refractivity contribution in [2.24, 2.45) is 5.73 Å². The van der Waals surface area contributed by atoms with Crippen LogP contribution in [0.25, 0.3) is 0 Å². The highest BCUT2D eigenvalue weighted by atomic mass is 19.1. The Labute approximate surface area is 106 Å². The molecule has 2 aromatic rings. The standard InChI is InChI=1S/C13H17FN4/c1-2-7-18-13(12(9-15)16-17-18)8-10-3-5-11(14)6-4-10/h3-6H,2,7-9,15H2,1H3. The molecule has 0 aliphatic heterocycles. The minimum absolute atomic E-state index is 0.224. The van der Waals surface area contributed by atoms with Crippen LogP contribution in [0.15, 0.2) is 24.3 Å². The molecule has 2 N–H and O–H groups in total. The summed E-state index contributed by atoms with van der Waals surface area (Å²) >= 11 is 0. The summed E-state index contributed by atoms with van der Waals surface area (Å²) in [7, 11) is 0. The minimum atomic E-state index is -0.224. The van der Waals surface area contributed by atoms with E-state index in [1.807, 2.05) is 4.68 Å². The maximum atomic E-state index is 12.9. The average Bonchev–Trinajstić information content (AvgIpc) is 2.75. The SMILES string of the molecule is CCCn1nnc(CN)c1Cc1ccc(F)cc1. The third kappa shape index (κ3) is 2.73. The molecule has 18 heavy (non-hydrogen) atoms. The summed E-state index contributed by atoms with van der Waals surface area (Å²) in [6.07, 6.45) is 1.67. The van der Waals surface area contributed by atoms with Gasteiger partial charge in [-0.2, -0.15) is 0 Å². The zero-order valence-electron chi connectivity index (χ0n) is 10.4. The van der Waals surface area contributed by atoms with E-state index in [1.54, 1.807) is 12.1 Å². The molecule has 0 atom stereocenters. The third-order valence-corrected chi connectivity index (χ3v) is 2.83. The molecule has 2 rings (SSSR count). The molecule has 4 nitrogen and oxygen atoms in total. The molecule has 0 unspecified atom stereocenters. The van der Waals surface area contributed by atoms with Gasteiger partial charge in [-0.25, -0.2) is 9.07 Å². The molecule has 1 aromatic heterocycles. The number of aromatic nitrogens is 3. The second-order valence-electron chi connectivity index (χ2n) is 4.21. The van der Waals surface area contributed by atoms with Crippen LogP contribution in [0.1, 0.15) is 30.3 Å². The van der Waals surface area contributed by atoms with Crippen molar-refractivity contribution in [2.75, 3.05) is 0 Å². The summed E-state index contributed by atoms with van der Waals surface area (Å²) in [4.78, 5) is 0. The zero-order valence-corrected chi connectivity index (χ0v) is 10.4. The van der Waals surface area contributed by atoms with Gasteiger partial charge in [-0.15, -0.1) is 5.10 Å². The van der Waals surface area contributed by atoms with Crippen LogP contribution < -0.4 is 5.73 Å². The van der Waals surface area contributed by atoms with Crippen LogP contribution in [0, 0.1) is 5.82 Å². The normalized spacial score (nSPS) is 10.8. The van der Waals surface area contributed by atoms with Gasteiger partial charge in [-0.05, 0) is 24.1 Å². The molecule has 96 valence electrons. The lowest BCUT2D eigenvalue weighted by Gasteiger charge is -2.06. The highest BCUT2D eigenvalue weighted by molar-refractivity contribution is 5.24. The van der Waals surface area contributed by atoms with Crippen LogP contribution in [0.2, 0.25) is 0 Å². The first-order valence-corrected chi connectivity index (χ1v) is 6.10. The van der Waals surface area contributed by atoms with E-state index >= 15 is 0 Å². The molecule has 0 spiro atoms. The summed E-state index contributed by atoms with van der Waals surface area (Å²) in [6, 6.07) is 6.48. The van der Waals surface area contributed by atoms with Crippen molar-refractivity contribution in [3.8, 4) is 0 Å². The van der Waals surface area contributed by atoms with Crippen LogP contribution in [0.4, 0.5) is 4.39 Å². The molecule has 0 bridgehead atoms. The van der Waals surface area contributed by atoms with E-state index in [1.165, 1.54) is 12.1 Å². The van der Waals surface area contributed by atoms with Crippen molar-refractivity contribution in [1.29, 1.82) is 0 Å². The van der Waals surface area contributed by atoms with E-state index in [2.05, 4.69) is 17.2 Å². The molecule has 0 radical (unpaired) electrons. The summed E-state index contributed by atoms with van der Waals surface area (Å²) in [6.45, 7) is 3.29. The van der Waals surface area contributed by atoms with Gasteiger partial charge in [0, 0.05) is 19.5 Å². The number of hydrogen-bond acceptors (Lipinski definition) is 3. The van der Waals surface area contributed by atoms with Gasteiger partial charge in [0.05, 0.1) is 11.4 Å². The predicted molar refractivity (Wildman–Crippen MR) is 67.4 cm³/mol. The summed E-state index contributed by atoms with van der Waals surface area (Å²) in [5.41, 5.74) is 8.53. The zero-order chi connectivity index (χ0) is 13.0. The van der Waals surface area contributed by atoms with Crippen molar-refractivity contribution in [3.63, 3.8) is 0 Å². The molecule has 1 heterocycles. The molecular formula is C13H17FN4. The fourth-order valence-corrected chi connectivity index (χ4v) is 1.91.